The van der Waals surface area contributed by atoms with Gasteiger partial charge in [0.15, 0.2) is 0 Å². The number of pyridine rings is 1. The summed E-state index contributed by atoms with van der Waals surface area (Å²) in [6.07, 6.45) is -3.51. The maximum Gasteiger partial charge on any atom is 0.418 e. The van der Waals surface area contributed by atoms with Crippen LogP contribution in [-0.4, -0.2) is 4.98 Å². The second-order valence-corrected chi connectivity index (χ2v) is 3.35. The molecule has 0 bridgehead atoms. The number of halogens is 4. The zero-order valence-corrected chi connectivity index (χ0v) is 7.98. The van der Waals surface area contributed by atoms with Crippen LogP contribution in [0.3, 0.4) is 0 Å². The Balaban J connectivity index is 3.28. The summed E-state index contributed by atoms with van der Waals surface area (Å²) < 4.78 is 36.5. The molecule has 0 aliphatic carbocycles. The maximum absolute atomic E-state index is 12.1. The molecule has 66 valence electrons. The number of hydrogen-bond acceptors (Lipinski definition) is 1. The number of aromatic amines is 1. The molecular formula is C6H3BrF3NS. The molecule has 0 aliphatic heterocycles. The molecule has 1 aromatic heterocycles. The summed E-state index contributed by atoms with van der Waals surface area (Å²) in [7, 11) is 0. The zero-order chi connectivity index (χ0) is 9.35. The Morgan fingerprint density at radius 3 is 2.42 bits per heavy atom. The van der Waals surface area contributed by atoms with Crippen molar-refractivity contribution in [2.45, 2.75) is 6.18 Å². The number of H-pyrrole nitrogens is 1. The van der Waals surface area contributed by atoms with Crippen molar-refractivity contribution in [2.24, 2.45) is 0 Å². The van der Waals surface area contributed by atoms with Crippen LogP contribution in [0.5, 0.6) is 0 Å². The molecule has 12 heavy (non-hydrogen) atoms. The van der Waals surface area contributed by atoms with Crippen LogP contribution in [0.1, 0.15) is 5.56 Å². The molecule has 1 aromatic rings. The highest BCUT2D eigenvalue weighted by Gasteiger charge is 2.32. The number of hydrogen-bond donors (Lipinski definition) is 1. The molecule has 0 spiro atoms. The summed E-state index contributed by atoms with van der Waals surface area (Å²) in [6.45, 7) is 0. The molecule has 0 radical (unpaired) electrons. The molecule has 1 N–H and O–H groups in total. The fraction of sp³-hybridized carbons (Fsp3) is 0.167. The van der Waals surface area contributed by atoms with Gasteiger partial charge in [0.1, 0.15) is 4.64 Å². The van der Waals surface area contributed by atoms with Gasteiger partial charge in [0.05, 0.1) is 5.56 Å². The average molecular weight is 258 g/mol. The van der Waals surface area contributed by atoms with Gasteiger partial charge in [-0.25, -0.2) is 0 Å². The lowest BCUT2D eigenvalue weighted by atomic mass is 10.3. The number of nitrogens with one attached hydrogen (secondary N) is 1. The van der Waals surface area contributed by atoms with Crippen molar-refractivity contribution in [3.63, 3.8) is 0 Å². The molecule has 0 amide bonds. The van der Waals surface area contributed by atoms with Gasteiger partial charge >= 0.3 is 6.18 Å². The Morgan fingerprint density at radius 1 is 1.42 bits per heavy atom. The van der Waals surface area contributed by atoms with E-state index in [-0.39, 0.29) is 9.11 Å². The van der Waals surface area contributed by atoms with Gasteiger partial charge in [-0.15, -0.1) is 0 Å². The molecule has 0 aliphatic rings. The largest absolute Gasteiger partial charge is 0.418 e. The van der Waals surface area contributed by atoms with E-state index in [9.17, 15) is 13.2 Å². The monoisotopic (exact) mass is 257 g/mol. The normalized spacial score (nSPS) is 11.7. The Hall–Kier alpha value is -0.360. The standard InChI is InChI=1S/C6H3BrF3NS/c7-4-1-5(12)11-2-3(4)6(8,9)10/h1-2H,(H,11,12). The van der Waals surface area contributed by atoms with Crippen LogP contribution in [-0.2, 0) is 6.18 Å². The number of aromatic nitrogens is 1. The molecule has 0 saturated heterocycles. The van der Waals surface area contributed by atoms with Gasteiger partial charge in [0.25, 0.3) is 0 Å². The highest BCUT2D eigenvalue weighted by molar-refractivity contribution is 9.10. The lowest BCUT2D eigenvalue weighted by molar-refractivity contribution is -0.138. The van der Waals surface area contributed by atoms with E-state index in [0.29, 0.717) is 0 Å². The summed E-state index contributed by atoms with van der Waals surface area (Å²) in [5.74, 6) is 0. The lowest BCUT2D eigenvalue weighted by Gasteiger charge is -2.07. The first kappa shape index (κ1) is 9.73. The van der Waals surface area contributed by atoms with E-state index in [0.717, 1.165) is 6.20 Å². The summed E-state index contributed by atoms with van der Waals surface area (Å²) in [4.78, 5) is 2.31. The Labute approximate surface area is 79.7 Å². The molecule has 1 rings (SSSR count). The minimum atomic E-state index is -4.35. The summed E-state index contributed by atoms with van der Waals surface area (Å²) >= 11 is 7.41. The first-order chi connectivity index (χ1) is 5.41. The van der Waals surface area contributed by atoms with Crippen LogP contribution in [0.15, 0.2) is 16.7 Å². The maximum atomic E-state index is 12.1. The number of rotatable bonds is 0. The van der Waals surface area contributed by atoms with Gasteiger partial charge in [-0.3, -0.25) is 0 Å². The van der Waals surface area contributed by atoms with E-state index in [1.807, 2.05) is 0 Å². The third kappa shape index (κ3) is 2.07. The molecule has 0 fully saturated rings. The third-order valence-electron chi connectivity index (χ3n) is 1.18. The van der Waals surface area contributed by atoms with Crippen molar-refractivity contribution in [2.75, 3.05) is 0 Å². The van der Waals surface area contributed by atoms with E-state index in [4.69, 9.17) is 0 Å². The van der Waals surface area contributed by atoms with Gasteiger partial charge in [0, 0.05) is 10.7 Å². The van der Waals surface area contributed by atoms with Gasteiger partial charge in [-0.2, -0.15) is 13.2 Å². The quantitative estimate of drug-likeness (QED) is 0.704. The molecular weight excluding hydrogens is 255 g/mol. The van der Waals surface area contributed by atoms with Crippen molar-refractivity contribution < 1.29 is 13.2 Å². The molecule has 0 unspecified atom stereocenters. The summed E-state index contributed by atoms with van der Waals surface area (Å²) in [6, 6.07) is 1.21. The van der Waals surface area contributed by atoms with Crippen LogP contribution >= 0.6 is 28.1 Å². The second-order valence-electron chi connectivity index (χ2n) is 2.06. The average Bonchev–Trinajstić information content (AvgIpc) is 1.83. The molecule has 0 saturated carbocycles. The Bertz CT molecular complexity index is 343. The van der Waals surface area contributed by atoms with Crippen LogP contribution < -0.4 is 0 Å². The molecule has 0 atom stereocenters. The fourth-order valence-corrected chi connectivity index (χ4v) is 1.56. The van der Waals surface area contributed by atoms with E-state index in [1.54, 1.807) is 0 Å². The number of alkyl halides is 3. The van der Waals surface area contributed by atoms with Crippen molar-refractivity contribution in [1.29, 1.82) is 0 Å². The molecule has 1 nitrogen and oxygen atoms in total. The van der Waals surface area contributed by atoms with Gasteiger partial charge < -0.3 is 4.98 Å². The lowest BCUT2D eigenvalue weighted by Crippen LogP contribution is -2.06. The molecule has 6 heteroatoms. The van der Waals surface area contributed by atoms with Gasteiger partial charge in [-0.1, -0.05) is 28.1 Å². The van der Waals surface area contributed by atoms with Gasteiger partial charge in [0.2, 0.25) is 0 Å². The Morgan fingerprint density at radius 2 is 2.00 bits per heavy atom. The third-order valence-corrected chi connectivity index (χ3v) is 2.07. The van der Waals surface area contributed by atoms with E-state index in [1.165, 1.54) is 6.07 Å². The van der Waals surface area contributed by atoms with E-state index in [2.05, 4.69) is 33.1 Å². The second kappa shape index (κ2) is 3.18. The SMILES string of the molecule is FC(F)(F)c1c[nH]c(=S)cc1Br. The minimum Gasteiger partial charge on any atom is -0.352 e. The van der Waals surface area contributed by atoms with Gasteiger partial charge in [-0.05, 0) is 6.07 Å². The van der Waals surface area contributed by atoms with E-state index < -0.39 is 11.7 Å². The van der Waals surface area contributed by atoms with Crippen LogP contribution in [0.2, 0.25) is 0 Å². The first-order valence-corrected chi connectivity index (χ1v) is 4.07. The smallest absolute Gasteiger partial charge is 0.352 e. The highest BCUT2D eigenvalue weighted by Crippen LogP contribution is 2.33. The molecule has 1 heterocycles. The van der Waals surface area contributed by atoms with Crippen molar-refractivity contribution in [1.82, 2.24) is 4.98 Å². The first-order valence-electron chi connectivity index (χ1n) is 2.86. The fourth-order valence-electron chi connectivity index (χ4n) is 0.664. The van der Waals surface area contributed by atoms with Crippen molar-refractivity contribution >= 4 is 28.1 Å². The van der Waals surface area contributed by atoms with Crippen LogP contribution in [0.25, 0.3) is 0 Å². The molecule has 0 aromatic carbocycles. The van der Waals surface area contributed by atoms with Crippen LogP contribution in [0, 0.1) is 4.64 Å². The van der Waals surface area contributed by atoms with Crippen molar-refractivity contribution in [3.8, 4) is 0 Å². The van der Waals surface area contributed by atoms with Crippen molar-refractivity contribution in [3.05, 3.63) is 26.9 Å². The zero-order valence-electron chi connectivity index (χ0n) is 5.57. The topological polar surface area (TPSA) is 15.8 Å². The predicted molar refractivity (Wildman–Crippen MR) is 44.3 cm³/mol. The van der Waals surface area contributed by atoms with Crippen LogP contribution in [0.4, 0.5) is 13.2 Å². The van der Waals surface area contributed by atoms with E-state index >= 15 is 0 Å². The Kier molecular flexibility index (Phi) is 2.58. The minimum absolute atomic E-state index is 0.0428. The highest BCUT2D eigenvalue weighted by atomic mass is 79.9. The predicted octanol–water partition coefficient (Wildman–Crippen LogP) is 3.53. The summed E-state index contributed by atoms with van der Waals surface area (Å²) in [5.41, 5.74) is -0.754. The summed E-state index contributed by atoms with van der Waals surface area (Å²) in [5, 5.41) is 0.